The molecule has 0 saturated heterocycles. The van der Waals surface area contributed by atoms with Crippen molar-refractivity contribution >= 4 is 35.7 Å². The van der Waals surface area contributed by atoms with Crippen LogP contribution < -0.4 is 0 Å². The Morgan fingerprint density at radius 3 is 2.24 bits per heavy atom. The summed E-state index contributed by atoms with van der Waals surface area (Å²) in [6.07, 6.45) is 3.55. The number of H-pyrrole nitrogens is 1. The van der Waals surface area contributed by atoms with Gasteiger partial charge in [0.25, 0.3) is 0 Å². The Morgan fingerprint density at radius 1 is 1.04 bits per heavy atom. The molecule has 0 radical (unpaired) electrons. The lowest BCUT2D eigenvalue weighted by atomic mass is 10.1. The first kappa shape index (κ1) is 18.8. The van der Waals surface area contributed by atoms with E-state index in [-0.39, 0.29) is 18.9 Å². The zero-order valence-corrected chi connectivity index (χ0v) is 15.1. The number of esters is 2. The molecule has 0 unspecified atom stereocenters. The Hall–Kier alpha value is -2.53. The third kappa shape index (κ3) is 4.51. The molecule has 0 atom stereocenters. The molecule has 2 aromatic rings. The van der Waals surface area contributed by atoms with Crippen molar-refractivity contribution < 1.29 is 19.1 Å². The maximum Gasteiger partial charge on any atom is 0.355 e. The number of hydrogen-bond acceptors (Lipinski definition) is 4. The van der Waals surface area contributed by atoms with E-state index in [9.17, 15) is 9.59 Å². The summed E-state index contributed by atoms with van der Waals surface area (Å²) in [5.41, 5.74) is 2.49. The number of halogens is 1. The molecular formula is C19H20ClNO4. The molecule has 0 aliphatic rings. The highest BCUT2D eigenvalue weighted by Crippen LogP contribution is 2.23. The van der Waals surface area contributed by atoms with Crippen LogP contribution in [-0.4, -0.2) is 30.1 Å². The number of ether oxygens (including phenoxy) is 2. The van der Waals surface area contributed by atoms with Gasteiger partial charge in [-0.1, -0.05) is 29.8 Å². The van der Waals surface area contributed by atoms with Gasteiger partial charge in [-0.05, 0) is 50.1 Å². The van der Waals surface area contributed by atoms with Crippen LogP contribution in [0.25, 0.3) is 12.2 Å². The number of nitrogens with one attached hydrogen (secondary N) is 1. The van der Waals surface area contributed by atoms with Gasteiger partial charge in [0.1, 0.15) is 5.69 Å². The van der Waals surface area contributed by atoms with Crippen molar-refractivity contribution in [2.24, 2.45) is 0 Å². The van der Waals surface area contributed by atoms with Crippen LogP contribution in [0.15, 0.2) is 24.3 Å². The van der Waals surface area contributed by atoms with E-state index in [1.165, 1.54) is 0 Å². The second kappa shape index (κ2) is 8.53. The Bertz CT molecular complexity index is 791. The van der Waals surface area contributed by atoms with Gasteiger partial charge in [-0.15, -0.1) is 0 Å². The van der Waals surface area contributed by atoms with Crippen molar-refractivity contribution in [1.82, 2.24) is 4.98 Å². The summed E-state index contributed by atoms with van der Waals surface area (Å²) in [4.78, 5) is 27.3. The first-order chi connectivity index (χ1) is 12.0. The predicted molar refractivity (Wildman–Crippen MR) is 97.8 cm³/mol. The molecule has 0 fully saturated rings. The van der Waals surface area contributed by atoms with Crippen LogP contribution in [0.4, 0.5) is 0 Å². The summed E-state index contributed by atoms with van der Waals surface area (Å²) in [6.45, 7) is 5.65. The smallest absolute Gasteiger partial charge is 0.355 e. The quantitative estimate of drug-likeness (QED) is 0.769. The standard InChI is InChI=1S/C19H20ClNO4/c1-4-24-18(22)16-12(3)17(19(23)25-5-2)21-15(16)11-8-13-6-9-14(20)10-7-13/h6-11,21H,4-5H2,1-3H3/b11-8+. The number of aromatic nitrogens is 1. The van der Waals surface area contributed by atoms with Crippen LogP contribution >= 0.6 is 11.6 Å². The lowest BCUT2D eigenvalue weighted by Gasteiger charge is -2.03. The molecule has 6 heteroatoms. The number of carbonyl (C=O) groups excluding carboxylic acids is 2. The minimum atomic E-state index is -0.503. The van der Waals surface area contributed by atoms with Crippen molar-refractivity contribution in [2.75, 3.05) is 13.2 Å². The largest absolute Gasteiger partial charge is 0.462 e. The van der Waals surface area contributed by atoms with Gasteiger partial charge in [-0.25, -0.2) is 9.59 Å². The SMILES string of the molecule is CCOC(=O)c1[nH]c(/C=C/c2ccc(Cl)cc2)c(C(=O)OCC)c1C. The summed E-state index contributed by atoms with van der Waals surface area (Å²) in [6, 6.07) is 7.25. The van der Waals surface area contributed by atoms with Crippen molar-refractivity contribution in [2.45, 2.75) is 20.8 Å². The van der Waals surface area contributed by atoms with Gasteiger partial charge in [-0.3, -0.25) is 0 Å². The molecule has 1 N–H and O–H groups in total. The lowest BCUT2D eigenvalue weighted by molar-refractivity contribution is 0.0518. The monoisotopic (exact) mass is 361 g/mol. The summed E-state index contributed by atoms with van der Waals surface area (Å²) >= 11 is 5.88. The predicted octanol–water partition coefficient (Wildman–Crippen LogP) is 4.50. The number of aromatic amines is 1. The molecule has 0 bridgehead atoms. The van der Waals surface area contributed by atoms with E-state index in [2.05, 4.69) is 4.98 Å². The van der Waals surface area contributed by atoms with Gasteiger partial charge in [0.05, 0.1) is 24.5 Å². The van der Waals surface area contributed by atoms with Crippen molar-refractivity contribution in [1.29, 1.82) is 0 Å². The maximum atomic E-state index is 12.3. The van der Waals surface area contributed by atoms with Crippen LogP contribution in [0.2, 0.25) is 5.02 Å². The summed E-state index contributed by atoms with van der Waals surface area (Å²) in [5, 5.41) is 0.643. The first-order valence-electron chi connectivity index (χ1n) is 7.98. The van der Waals surface area contributed by atoms with Crippen LogP contribution in [0.5, 0.6) is 0 Å². The topological polar surface area (TPSA) is 68.4 Å². The van der Waals surface area contributed by atoms with Gasteiger partial charge in [0, 0.05) is 5.02 Å². The fourth-order valence-electron chi connectivity index (χ4n) is 2.37. The van der Waals surface area contributed by atoms with E-state index in [1.54, 1.807) is 39.0 Å². The van der Waals surface area contributed by atoms with Crippen molar-refractivity contribution in [3.05, 3.63) is 57.4 Å². The van der Waals surface area contributed by atoms with E-state index in [4.69, 9.17) is 21.1 Å². The number of rotatable bonds is 6. The average Bonchev–Trinajstić information content (AvgIpc) is 2.91. The third-order valence-corrected chi connectivity index (χ3v) is 3.80. The molecule has 132 valence electrons. The Kier molecular flexibility index (Phi) is 6.42. The average molecular weight is 362 g/mol. The third-order valence-electron chi connectivity index (χ3n) is 3.55. The minimum absolute atomic E-state index is 0.249. The number of hydrogen-bond donors (Lipinski definition) is 1. The van der Waals surface area contributed by atoms with Crippen LogP contribution in [0.1, 0.15) is 51.5 Å². The van der Waals surface area contributed by atoms with Crippen LogP contribution in [0.3, 0.4) is 0 Å². The molecule has 0 aliphatic carbocycles. The second-order valence-electron chi connectivity index (χ2n) is 5.24. The molecule has 25 heavy (non-hydrogen) atoms. The Morgan fingerprint density at radius 2 is 1.64 bits per heavy atom. The van der Waals surface area contributed by atoms with Gasteiger partial charge >= 0.3 is 11.9 Å². The molecule has 1 aromatic carbocycles. The molecule has 0 spiro atoms. The Labute approximate surface area is 151 Å². The zero-order chi connectivity index (χ0) is 18.4. The van der Waals surface area contributed by atoms with E-state index < -0.39 is 11.9 Å². The molecule has 2 rings (SSSR count). The van der Waals surface area contributed by atoms with Gasteiger partial charge in [-0.2, -0.15) is 0 Å². The molecule has 1 heterocycles. The molecule has 0 saturated carbocycles. The van der Waals surface area contributed by atoms with E-state index in [0.29, 0.717) is 21.8 Å². The normalized spacial score (nSPS) is 10.9. The van der Waals surface area contributed by atoms with Crippen molar-refractivity contribution in [3.8, 4) is 0 Å². The lowest BCUT2D eigenvalue weighted by Crippen LogP contribution is -2.09. The highest BCUT2D eigenvalue weighted by atomic mass is 35.5. The summed E-state index contributed by atoms with van der Waals surface area (Å²) < 4.78 is 10.1. The zero-order valence-electron chi connectivity index (χ0n) is 14.4. The highest BCUT2D eigenvalue weighted by Gasteiger charge is 2.24. The highest BCUT2D eigenvalue weighted by molar-refractivity contribution is 6.30. The molecule has 0 amide bonds. The van der Waals surface area contributed by atoms with E-state index in [1.807, 2.05) is 18.2 Å². The van der Waals surface area contributed by atoms with Crippen LogP contribution in [-0.2, 0) is 9.47 Å². The molecule has 0 aliphatic heterocycles. The fraction of sp³-hybridized carbons (Fsp3) is 0.263. The number of benzene rings is 1. The maximum absolute atomic E-state index is 12.3. The van der Waals surface area contributed by atoms with Crippen LogP contribution in [0, 0.1) is 6.92 Å². The van der Waals surface area contributed by atoms with Crippen molar-refractivity contribution in [3.63, 3.8) is 0 Å². The molecule has 5 nitrogen and oxygen atoms in total. The van der Waals surface area contributed by atoms with E-state index in [0.717, 1.165) is 5.56 Å². The molecule has 1 aromatic heterocycles. The molecular weight excluding hydrogens is 342 g/mol. The Balaban J connectivity index is 2.43. The van der Waals surface area contributed by atoms with Gasteiger partial charge in [0.15, 0.2) is 0 Å². The minimum Gasteiger partial charge on any atom is -0.462 e. The summed E-state index contributed by atoms with van der Waals surface area (Å²) in [5.74, 6) is -0.987. The summed E-state index contributed by atoms with van der Waals surface area (Å²) in [7, 11) is 0. The fourth-order valence-corrected chi connectivity index (χ4v) is 2.50. The van der Waals surface area contributed by atoms with Gasteiger partial charge < -0.3 is 14.5 Å². The van der Waals surface area contributed by atoms with Gasteiger partial charge in [0.2, 0.25) is 0 Å². The number of carbonyl (C=O) groups is 2. The van der Waals surface area contributed by atoms with E-state index >= 15 is 0 Å². The second-order valence-corrected chi connectivity index (χ2v) is 5.68. The first-order valence-corrected chi connectivity index (χ1v) is 8.36.